The number of pyridine rings is 1. The van der Waals surface area contributed by atoms with E-state index in [0.717, 1.165) is 35.4 Å². The van der Waals surface area contributed by atoms with Crippen molar-refractivity contribution in [1.82, 2.24) is 9.88 Å². The van der Waals surface area contributed by atoms with Crippen molar-refractivity contribution in [2.45, 2.75) is 44.6 Å². The number of halogens is 2. The molecular formula is C20H22BrClN2. The zero-order valence-electron chi connectivity index (χ0n) is 14.0. The van der Waals surface area contributed by atoms with Crippen LogP contribution in [0.2, 0.25) is 5.02 Å². The van der Waals surface area contributed by atoms with Gasteiger partial charge in [-0.15, -0.1) is 0 Å². The van der Waals surface area contributed by atoms with Gasteiger partial charge in [0.1, 0.15) is 0 Å². The Bertz CT molecular complexity index is 715. The number of nitrogens with zero attached hydrogens (tertiary/aromatic N) is 2. The Morgan fingerprint density at radius 2 is 1.83 bits per heavy atom. The SMILES string of the molecule is C[C@]1(N2CCCCC2)c2ccc(Cl)cc2CCc2cc(Br)cnc21. The molecule has 0 unspecified atom stereocenters. The summed E-state index contributed by atoms with van der Waals surface area (Å²) >= 11 is 9.91. The zero-order valence-corrected chi connectivity index (χ0v) is 16.3. The topological polar surface area (TPSA) is 16.1 Å². The Balaban J connectivity index is 1.94. The van der Waals surface area contributed by atoms with Crippen LogP contribution in [0.3, 0.4) is 0 Å². The Labute approximate surface area is 157 Å². The van der Waals surface area contributed by atoms with E-state index in [0.29, 0.717) is 0 Å². The molecule has 4 rings (SSSR count). The van der Waals surface area contributed by atoms with Crippen molar-refractivity contribution in [1.29, 1.82) is 0 Å². The molecule has 2 nitrogen and oxygen atoms in total. The molecule has 2 aliphatic rings. The second-order valence-electron chi connectivity index (χ2n) is 7.08. The number of hydrogen-bond donors (Lipinski definition) is 0. The molecule has 0 saturated carbocycles. The van der Waals surface area contributed by atoms with E-state index in [2.05, 4.69) is 46.0 Å². The number of hydrogen-bond acceptors (Lipinski definition) is 2. The van der Waals surface area contributed by atoms with Gasteiger partial charge < -0.3 is 0 Å². The van der Waals surface area contributed by atoms with Gasteiger partial charge in [0.2, 0.25) is 0 Å². The van der Waals surface area contributed by atoms with Crippen molar-refractivity contribution in [3.63, 3.8) is 0 Å². The molecule has 1 aliphatic carbocycles. The standard InChI is InChI=1S/C20H22BrClN2/c1-20(24-9-3-2-4-10-24)18-8-7-17(22)12-14(18)5-6-15-11-16(21)13-23-19(15)20/h7-8,11-13H,2-6,9-10H2,1H3/t20-/m0/s1. The van der Waals surface area contributed by atoms with Gasteiger partial charge >= 0.3 is 0 Å². The highest BCUT2D eigenvalue weighted by Crippen LogP contribution is 2.43. The Kier molecular flexibility index (Phi) is 4.44. The average Bonchev–Trinajstić information content (AvgIpc) is 2.71. The van der Waals surface area contributed by atoms with Crippen LogP contribution in [0.15, 0.2) is 34.9 Å². The number of likely N-dealkylation sites (tertiary alicyclic amines) is 1. The van der Waals surface area contributed by atoms with Crippen molar-refractivity contribution in [3.05, 3.63) is 62.3 Å². The normalized spacial score (nSPS) is 24.1. The highest BCUT2D eigenvalue weighted by atomic mass is 79.9. The summed E-state index contributed by atoms with van der Waals surface area (Å²) in [4.78, 5) is 7.54. The summed E-state index contributed by atoms with van der Waals surface area (Å²) in [5.74, 6) is 0. The number of benzene rings is 1. The molecule has 24 heavy (non-hydrogen) atoms. The fourth-order valence-corrected chi connectivity index (χ4v) is 4.99. The van der Waals surface area contributed by atoms with Gasteiger partial charge in [0.05, 0.1) is 11.2 Å². The predicted octanol–water partition coefficient (Wildman–Crippen LogP) is 5.35. The van der Waals surface area contributed by atoms with E-state index < -0.39 is 0 Å². The third kappa shape index (κ3) is 2.71. The van der Waals surface area contributed by atoms with E-state index in [1.165, 1.54) is 41.6 Å². The molecule has 0 spiro atoms. The molecule has 0 amide bonds. The van der Waals surface area contributed by atoms with E-state index >= 15 is 0 Å². The second kappa shape index (κ2) is 6.44. The van der Waals surface area contributed by atoms with Crippen LogP contribution in [0.25, 0.3) is 0 Å². The molecule has 0 radical (unpaired) electrons. The first-order chi connectivity index (χ1) is 11.6. The quantitative estimate of drug-likeness (QED) is 0.636. The molecule has 1 atom stereocenters. The molecule has 126 valence electrons. The van der Waals surface area contributed by atoms with Crippen LogP contribution in [0.5, 0.6) is 0 Å². The zero-order chi connectivity index (χ0) is 16.7. The number of aromatic nitrogens is 1. The van der Waals surface area contributed by atoms with Crippen LogP contribution in [-0.4, -0.2) is 23.0 Å². The number of piperidine rings is 1. The highest BCUT2D eigenvalue weighted by Gasteiger charge is 2.41. The van der Waals surface area contributed by atoms with Crippen LogP contribution < -0.4 is 0 Å². The van der Waals surface area contributed by atoms with Crippen LogP contribution in [0.4, 0.5) is 0 Å². The van der Waals surface area contributed by atoms with E-state index in [4.69, 9.17) is 16.6 Å². The van der Waals surface area contributed by atoms with Gasteiger partial charge in [0, 0.05) is 15.7 Å². The molecule has 2 aromatic rings. The molecule has 1 aromatic heterocycles. The molecule has 1 saturated heterocycles. The molecule has 0 N–H and O–H groups in total. The fourth-order valence-electron chi connectivity index (χ4n) is 4.41. The van der Waals surface area contributed by atoms with Crippen molar-refractivity contribution >= 4 is 27.5 Å². The van der Waals surface area contributed by atoms with Crippen LogP contribution >= 0.6 is 27.5 Å². The van der Waals surface area contributed by atoms with Crippen LogP contribution in [0.1, 0.15) is 48.6 Å². The highest BCUT2D eigenvalue weighted by molar-refractivity contribution is 9.10. The van der Waals surface area contributed by atoms with Gasteiger partial charge in [-0.25, -0.2) is 0 Å². The van der Waals surface area contributed by atoms with Crippen LogP contribution in [-0.2, 0) is 18.4 Å². The van der Waals surface area contributed by atoms with Gasteiger partial charge in [0.25, 0.3) is 0 Å². The number of aryl methyl sites for hydroxylation is 2. The minimum atomic E-state index is -0.174. The molecule has 4 heteroatoms. The maximum absolute atomic E-state index is 6.31. The largest absolute Gasteiger partial charge is 0.289 e. The van der Waals surface area contributed by atoms with Gasteiger partial charge in [-0.05, 0) is 96.5 Å². The maximum Gasteiger partial charge on any atom is 0.0865 e. The Morgan fingerprint density at radius 3 is 2.62 bits per heavy atom. The lowest BCUT2D eigenvalue weighted by atomic mass is 9.82. The smallest absolute Gasteiger partial charge is 0.0865 e. The summed E-state index contributed by atoms with van der Waals surface area (Å²) in [5.41, 5.74) is 5.14. The lowest BCUT2D eigenvalue weighted by Gasteiger charge is -2.44. The van der Waals surface area contributed by atoms with Crippen LogP contribution in [0, 0.1) is 0 Å². The summed E-state index contributed by atoms with van der Waals surface area (Å²) in [7, 11) is 0. The summed E-state index contributed by atoms with van der Waals surface area (Å²) in [5, 5.41) is 0.829. The average molecular weight is 406 g/mol. The van der Waals surface area contributed by atoms with Crippen molar-refractivity contribution in [2.24, 2.45) is 0 Å². The minimum Gasteiger partial charge on any atom is -0.289 e. The van der Waals surface area contributed by atoms with Crippen molar-refractivity contribution in [2.75, 3.05) is 13.1 Å². The van der Waals surface area contributed by atoms with E-state index in [-0.39, 0.29) is 5.54 Å². The fraction of sp³-hybridized carbons (Fsp3) is 0.450. The third-order valence-corrected chi connectivity index (χ3v) is 6.31. The van der Waals surface area contributed by atoms with E-state index in [1.54, 1.807) is 0 Å². The Morgan fingerprint density at radius 1 is 1.08 bits per heavy atom. The molecule has 1 aliphatic heterocycles. The molecule has 0 bridgehead atoms. The summed E-state index contributed by atoms with van der Waals surface area (Å²) in [6.45, 7) is 4.63. The van der Waals surface area contributed by atoms with Gasteiger partial charge in [-0.3, -0.25) is 9.88 Å². The van der Waals surface area contributed by atoms with E-state index in [9.17, 15) is 0 Å². The molecule has 2 heterocycles. The summed E-state index contributed by atoms with van der Waals surface area (Å²) in [6, 6.07) is 8.66. The second-order valence-corrected chi connectivity index (χ2v) is 8.43. The summed E-state index contributed by atoms with van der Waals surface area (Å²) in [6.07, 6.45) is 7.85. The first kappa shape index (κ1) is 16.6. The molecule has 1 aromatic carbocycles. The number of rotatable bonds is 1. The predicted molar refractivity (Wildman–Crippen MR) is 103 cm³/mol. The van der Waals surface area contributed by atoms with Crippen molar-refractivity contribution in [3.8, 4) is 0 Å². The third-order valence-electron chi connectivity index (χ3n) is 5.64. The Hall–Kier alpha value is -0.900. The van der Waals surface area contributed by atoms with Gasteiger partial charge in [-0.1, -0.05) is 24.1 Å². The first-order valence-corrected chi connectivity index (χ1v) is 9.95. The number of fused-ring (bicyclic) bond motifs is 2. The monoisotopic (exact) mass is 404 g/mol. The lowest BCUT2D eigenvalue weighted by Crippen LogP contribution is -2.48. The molecule has 1 fully saturated rings. The first-order valence-electron chi connectivity index (χ1n) is 8.78. The lowest BCUT2D eigenvalue weighted by molar-refractivity contribution is 0.107. The van der Waals surface area contributed by atoms with E-state index in [1.807, 2.05) is 12.3 Å². The minimum absolute atomic E-state index is 0.174. The molecular weight excluding hydrogens is 384 g/mol. The van der Waals surface area contributed by atoms with Gasteiger partial charge in [-0.2, -0.15) is 0 Å². The maximum atomic E-state index is 6.31. The van der Waals surface area contributed by atoms with Crippen molar-refractivity contribution < 1.29 is 0 Å². The summed E-state index contributed by atoms with van der Waals surface area (Å²) < 4.78 is 1.06. The van der Waals surface area contributed by atoms with Gasteiger partial charge in [0.15, 0.2) is 0 Å².